The van der Waals surface area contributed by atoms with E-state index in [0.717, 1.165) is 12.8 Å². The van der Waals surface area contributed by atoms with E-state index in [-0.39, 0.29) is 0 Å². The van der Waals surface area contributed by atoms with Crippen LogP contribution in [0.15, 0.2) is 12.2 Å². The summed E-state index contributed by atoms with van der Waals surface area (Å²) in [5.74, 6) is 1.60. The third kappa shape index (κ3) is 4.59. The maximum atomic E-state index is 11.8. The number of unbranched alkanes of at least 4 members (excludes halogenated alkanes) is 2. The van der Waals surface area contributed by atoms with Gasteiger partial charge in [-0.1, -0.05) is 59.5 Å². The minimum Gasteiger partial charge on any atom is -0.295 e. The topological polar surface area (TPSA) is 17.1 Å². The third-order valence-electron chi connectivity index (χ3n) is 4.51. The highest BCUT2D eigenvalue weighted by molar-refractivity contribution is 5.89. The van der Waals surface area contributed by atoms with Crippen molar-refractivity contribution in [1.82, 2.24) is 0 Å². The number of carbonyl (C=O) groups is 1. The van der Waals surface area contributed by atoms with Crippen LogP contribution in [0.25, 0.3) is 0 Å². The molecule has 0 saturated heterocycles. The van der Waals surface area contributed by atoms with Gasteiger partial charge in [0, 0.05) is 6.42 Å². The molecule has 1 nitrogen and oxygen atoms in total. The van der Waals surface area contributed by atoms with Crippen LogP contribution < -0.4 is 0 Å². The highest BCUT2D eigenvalue weighted by Gasteiger charge is 2.34. The van der Waals surface area contributed by atoms with Gasteiger partial charge in [0.2, 0.25) is 0 Å². The predicted octanol–water partition coefficient (Wildman–Crippen LogP) is 5.15. The fraction of sp³-hybridized carbons (Fsp3) is 0.824. The Morgan fingerprint density at radius 1 is 1.33 bits per heavy atom. The summed E-state index contributed by atoms with van der Waals surface area (Å²) in [6.07, 6.45) is 12.1. The van der Waals surface area contributed by atoms with E-state index in [1.54, 1.807) is 0 Å². The second-order valence-corrected chi connectivity index (χ2v) is 6.67. The lowest BCUT2D eigenvalue weighted by molar-refractivity contribution is -0.114. The average Bonchev–Trinajstić information content (AvgIpc) is 2.28. The molecule has 0 N–H and O–H groups in total. The molecule has 1 heteroatoms. The molecule has 0 aromatic heterocycles. The highest BCUT2D eigenvalue weighted by Crippen LogP contribution is 2.44. The standard InChI is InChI=1S/C17H30O/c1-5-6-7-10-15(18)11-12-16-14(2)9-8-13-17(16,3)4/h11-12,14,16H,5-10,13H2,1-4H3. The molecule has 0 aromatic rings. The molecule has 18 heavy (non-hydrogen) atoms. The molecule has 1 aliphatic carbocycles. The Morgan fingerprint density at radius 2 is 2.06 bits per heavy atom. The van der Waals surface area contributed by atoms with E-state index >= 15 is 0 Å². The van der Waals surface area contributed by atoms with Crippen molar-refractivity contribution >= 4 is 5.78 Å². The molecule has 1 fully saturated rings. The zero-order chi connectivity index (χ0) is 13.6. The maximum absolute atomic E-state index is 11.8. The fourth-order valence-electron chi connectivity index (χ4n) is 3.29. The van der Waals surface area contributed by atoms with Gasteiger partial charge in [0.1, 0.15) is 0 Å². The molecule has 1 aliphatic rings. The Morgan fingerprint density at radius 3 is 2.67 bits per heavy atom. The van der Waals surface area contributed by atoms with Crippen molar-refractivity contribution in [3.8, 4) is 0 Å². The Balaban J connectivity index is 2.50. The van der Waals surface area contributed by atoms with E-state index in [1.165, 1.54) is 32.1 Å². The van der Waals surface area contributed by atoms with Crippen molar-refractivity contribution in [3.63, 3.8) is 0 Å². The maximum Gasteiger partial charge on any atom is 0.155 e. The van der Waals surface area contributed by atoms with Crippen LogP contribution in [-0.4, -0.2) is 5.78 Å². The van der Waals surface area contributed by atoms with Crippen LogP contribution in [-0.2, 0) is 4.79 Å². The lowest BCUT2D eigenvalue weighted by Gasteiger charge is -2.41. The Kier molecular flexibility index (Phi) is 6.11. The van der Waals surface area contributed by atoms with Gasteiger partial charge in [0.05, 0.1) is 0 Å². The fourth-order valence-corrected chi connectivity index (χ4v) is 3.29. The van der Waals surface area contributed by atoms with Gasteiger partial charge >= 0.3 is 0 Å². The second kappa shape index (κ2) is 7.11. The highest BCUT2D eigenvalue weighted by atomic mass is 16.1. The number of hydrogen-bond donors (Lipinski definition) is 0. The number of ketones is 1. The molecule has 0 bridgehead atoms. The van der Waals surface area contributed by atoms with E-state index in [4.69, 9.17) is 0 Å². The van der Waals surface area contributed by atoms with Gasteiger partial charge in [-0.05, 0) is 36.2 Å². The minimum absolute atomic E-state index is 0.317. The molecular formula is C17H30O. The summed E-state index contributed by atoms with van der Waals surface area (Å²) >= 11 is 0. The summed E-state index contributed by atoms with van der Waals surface area (Å²) in [6, 6.07) is 0. The average molecular weight is 250 g/mol. The molecule has 0 radical (unpaired) electrons. The first kappa shape index (κ1) is 15.5. The zero-order valence-corrected chi connectivity index (χ0v) is 12.7. The molecule has 104 valence electrons. The molecule has 2 atom stereocenters. The van der Waals surface area contributed by atoms with Crippen molar-refractivity contribution < 1.29 is 4.79 Å². The van der Waals surface area contributed by atoms with Crippen LogP contribution in [0, 0.1) is 17.3 Å². The zero-order valence-electron chi connectivity index (χ0n) is 12.7. The van der Waals surface area contributed by atoms with Crippen LogP contribution >= 0.6 is 0 Å². The molecule has 0 heterocycles. The molecule has 0 amide bonds. The second-order valence-electron chi connectivity index (χ2n) is 6.67. The lowest BCUT2D eigenvalue weighted by atomic mass is 9.64. The first-order chi connectivity index (χ1) is 8.47. The number of carbonyl (C=O) groups excluding carboxylic acids is 1. The van der Waals surface area contributed by atoms with Crippen molar-refractivity contribution in [3.05, 3.63) is 12.2 Å². The first-order valence-electron chi connectivity index (χ1n) is 7.68. The van der Waals surface area contributed by atoms with Gasteiger partial charge in [0.15, 0.2) is 5.78 Å². The summed E-state index contributed by atoms with van der Waals surface area (Å²) in [6.45, 7) is 9.20. The van der Waals surface area contributed by atoms with Gasteiger partial charge < -0.3 is 0 Å². The van der Waals surface area contributed by atoms with E-state index in [9.17, 15) is 4.79 Å². The van der Waals surface area contributed by atoms with Crippen molar-refractivity contribution in [1.29, 1.82) is 0 Å². The van der Waals surface area contributed by atoms with Gasteiger partial charge in [-0.15, -0.1) is 0 Å². The van der Waals surface area contributed by atoms with E-state index in [2.05, 4.69) is 33.8 Å². The minimum atomic E-state index is 0.317. The van der Waals surface area contributed by atoms with Crippen LogP contribution in [0.1, 0.15) is 72.6 Å². The van der Waals surface area contributed by atoms with Gasteiger partial charge in [-0.25, -0.2) is 0 Å². The first-order valence-corrected chi connectivity index (χ1v) is 7.68. The van der Waals surface area contributed by atoms with E-state index < -0.39 is 0 Å². The van der Waals surface area contributed by atoms with Crippen molar-refractivity contribution in [2.24, 2.45) is 17.3 Å². The Hall–Kier alpha value is -0.590. The van der Waals surface area contributed by atoms with Gasteiger partial charge in [-0.3, -0.25) is 4.79 Å². The molecule has 0 spiro atoms. The van der Waals surface area contributed by atoms with Gasteiger partial charge in [-0.2, -0.15) is 0 Å². The molecule has 1 saturated carbocycles. The van der Waals surface area contributed by atoms with Crippen LogP contribution in [0.3, 0.4) is 0 Å². The molecule has 1 rings (SSSR count). The quantitative estimate of drug-likeness (QED) is 0.470. The lowest BCUT2D eigenvalue weighted by Crippen LogP contribution is -2.32. The molecule has 0 aromatic carbocycles. The van der Waals surface area contributed by atoms with Crippen LogP contribution in [0.4, 0.5) is 0 Å². The summed E-state index contributed by atoms with van der Waals surface area (Å²) < 4.78 is 0. The summed E-state index contributed by atoms with van der Waals surface area (Å²) in [7, 11) is 0. The Labute approximate surface area is 113 Å². The van der Waals surface area contributed by atoms with Gasteiger partial charge in [0.25, 0.3) is 0 Å². The molecule has 0 aliphatic heterocycles. The van der Waals surface area contributed by atoms with Crippen LogP contribution in [0.5, 0.6) is 0 Å². The largest absolute Gasteiger partial charge is 0.295 e. The number of hydrogen-bond acceptors (Lipinski definition) is 1. The van der Waals surface area contributed by atoms with E-state index in [0.29, 0.717) is 23.0 Å². The van der Waals surface area contributed by atoms with Crippen molar-refractivity contribution in [2.45, 2.75) is 72.6 Å². The van der Waals surface area contributed by atoms with Crippen molar-refractivity contribution in [2.75, 3.05) is 0 Å². The smallest absolute Gasteiger partial charge is 0.155 e. The summed E-state index contributed by atoms with van der Waals surface area (Å²) in [4.78, 5) is 11.8. The van der Waals surface area contributed by atoms with E-state index in [1.807, 2.05) is 6.08 Å². The SMILES string of the molecule is CCCCCC(=O)C=CC1C(C)CCCC1(C)C. The predicted molar refractivity (Wildman–Crippen MR) is 78.6 cm³/mol. The number of rotatable bonds is 6. The monoisotopic (exact) mass is 250 g/mol. The van der Waals surface area contributed by atoms with Crippen LogP contribution in [0.2, 0.25) is 0 Å². The molecule has 2 unspecified atom stereocenters. The number of allylic oxidation sites excluding steroid dienone is 2. The normalized spacial score (nSPS) is 27.6. The third-order valence-corrected chi connectivity index (χ3v) is 4.51. The summed E-state index contributed by atoms with van der Waals surface area (Å²) in [5, 5.41) is 0. The Bertz CT molecular complexity index is 288. The molecular weight excluding hydrogens is 220 g/mol. The summed E-state index contributed by atoms with van der Waals surface area (Å²) in [5.41, 5.74) is 0.359.